The van der Waals surface area contributed by atoms with Crippen molar-refractivity contribution in [3.8, 4) is 5.75 Å². The van der Waals surface area contributed by atoms with Crippen LogP contribution in [0.3, 0.4) is 0 Å². The van der Waals surface area contributed by atoms with Crippen molar-refractivity contribution in [2.24, 2.45) is 0 Å². The van der Waals surface area contributed by atoms with Gasteiger partial charge in [0.25, 0.3) is 0 Å². The molecule has 0 spiro atoms. The Morgan fingerprint density at radius 3 is 2.43 bits per heavy atom. The molecule has 1 aromatic heterocycles. The van der Waals surface area contributed by atoms with Gasteiger partial charge < -0.3 is 15.0 Å². The van der Waals surface area contributed by atoms with Crippen molar-refractivity contribution in [1.82, 2.24) is 15.2 Å². The van der Waals surface area contributed by atoms with Crippen LogP contribution in [0.5, 0.6) is 5.75 Å². The molecule has 0 aliphatic heterocycles. The van der Waals surface area contributed by atoms with Crippen LogP contribution in [0.1, 0.15) is 25.0 Å². The molecule has 0 saturated heterocycles. The maximum atomic E-state index is 5.19. The third-order valence-corrected chi connectivity index (χ3v) is 4.50. The number of hydrogen-bond acceptors (Lipinski definition) is 6. The molecule has 6 heteroatoms. The summed E-state index contributed by atoms with van der Waals surface area (Å²) in [5.41, 5.74) is 2.46. The van der Waals surface area contributed by atoms with Gasteiger partial charge in [-0.3, -0.25) is 0 Å². The molecule has 0 radical (unpaired) electrons. The fraction of sp³-hybridized carbons (Fsp3) is 0.318. The second-order valence-electron chi connectivity index (χ2n) is 6.87. The van der Waals surface area contributed by atoms with E-state index in [0.717, 1.165) is 31.1 Å². The minimum Gasteiger partial charge on any atom is -0.497 e. The first kappa shape index (κ1) is 19.6. The van der Waals surface area contributed by atoms with Gasteiger partial charge in [0.2, 0.25) is 5.95 Å². The van der Waals surface area contributed by atoms with E-state index in [-0.39, 0.29) is 6.04 Å². The lowest BCUT2D eigenvalue weighted by molar-refractivity contribution is 0.414. The molecule has 0 amide bonds. The Labute approximate surface area is 166 Å². The lowest BCUT2D eigenvalue weighted by Crippen LogP contribution is -2.32. The van der Waals surface area contributed by atoms with Crippen molar-refractivity contribution < 1.29 is 4.74 Å². The summed E-state index contributed by atoms with van der Waals surface area (Å²) < 4.78 is 5.19. The van der Waals surface area contributed by atoms with Crippen LogP contribution in [0.4, 0.5) is 11.8 Å². The number of aromatic nitrogens is 3. The van der Waals surface area contributed by atoms with Crippen LogP contribution in [-0.4, -0.2) is 34.9 Å². The third kappa shape index (κ3) is 5.42. The first-order chi connectivity index (χ1) is 13.7. The summed E-state index contributed by atoms with van der Waals surface area (Å²) in [6, 6.07) is 18.7. The second-order valence-corrected chi connectivity index (χ2v) is 6.87. The molecule has 0 aliphatic carbocycles. The Morgan fingerprint density at radius 1 is 1.00 bits per heavy atom. The number of nitrogens with one attached hydrogen (secondary N) is 1. The lowest BCUT2D eigenvalue weighted by atomic mass is 10.1. The van der Waals surface area contributed by atoms with Crippen LogP contribution in [0.15, 0.2) is 60.8 Å². The smallest absolute Gasteiger partial charge is 0.247 e. The summed E-state index contributed by atoms with van der Waals surface area (Å²) in [4.78, 5) is 6.82. The van der Waals surface area contributed by atoms with E-state index in [9.17, 15) is 0 Å². The molecule has 1 heterocycles. The predicted molar refractivity (Wildman–Crippen MR) is 113 cm³/mol. The SMILES string of the molecule is COc1ccc(CCNc2cnnc(N(Cc3ccccc3)C(C)C)n2)cc1. The summed E-state index contributed by atoms with van der Waals surface area (Å²) >= 11 is 0. The first-order valence-electron chi connectivity index (χ1n) is 9.53. The summed E-state index contributed by atoms with van der Waals surface area (Å²) in [5, 5.41) is 11.7. The minimum atomic E-state index is 0.261. The molecule has 2 aromatic carbocycles. The number of ether oxygens (including phenoxy) is 1. The number of rotatable bonds is 9. The van der Waals surface area contributed by atoms with E-state index in [1.54, 1.807) is 13.3 Å². The minimum absolute atomic E-state index is 0.261. The second kappa shape index (κ2) is 9.69. The zero-order valence-corrected chi connectivity index (χ0v) is 16.7. The molecule has 1 N–H and O–H groups in total. The maximum Gasteiger partial charge on any atom is 0.247 e. The molecular weight excluding hydrogens is 350 g/mol. The van der Waals surface area contributed by atoms with E-state index >= 15 is 0 Å². The van der Waals surface area contributed by atoms with E-state index in [0.29, 0.717) is 5.95 Å². The van der Waals surface area contributed by atoms with Crippen LogP contribution < -0.4 is 15.0 Å². The first-order valence-corrected chi connectivity index (χ1v) is 9.53. The summed E-state index contributed by atoms with van der Waals surface area (Å²) in [6.07, 6.45) is 2.56. The largest absolute Gasteiger partial charge is 0.497 e. The lowest BCUT2D eigenvalue weighted by Gasteiger charge is -2.26. The molecule has 0 saturated carbocycles. The number of hydrogen-bond donors (Lipinski definition) is 1. The molecule has 28 heavy (non-hydrogen) atoms. The molecule has 146 valence electrons. The Bertz CT molecular complexity index is 852. The van der Waals surface area contributed by atoms with Gasteiger partial charge in [-0.05, 0) is 43.5 Å². The van der Waals surface area contributed by atoms with E-state index in [1.165, 1.54) is 11.1 Å². The van der Waals surface area contributed by atoms with Crippen molar-refractivity contribution >= 4 is 11.8 Å². The molecular formula is C22H27N5O. The van der Waals surface area contributed by atoms with Gasteiger partial charge >= 0.3 is 0 Å². The van der Waals surface area contributed by atoms with Gasteiger partial charge in [0, 0.05) is 19.1 Å². The van der Waals surface area contributed by atoms with Gasteiger partial charge in [0.1, 0.15) is 5.75 Å². The molecule has 0 fully saturated rings. The van der Waals surface area contributed by atoms with Crippen LogP contribution in [0.2, 0.25) is 0 Å². The number of benzene rings is 2. The van der Waals surface area contributed by atoms with E-state index < -0.39 is 0 Å². The number of nitrogens with zero attached hydrogens (tertiary/aromatic N) is 4. The Balaban J connectivity index is 1.62. The molecule has 3 aromatic rings. The van der Waals surface area contributed by atoms with E-state index in [1.807, 2.05) is 30.3 Å². The number of anilines is 2. The molecule has 0 unspecified atom stereocenters. The Kier molecular flexibility index (Phi) is 6.78. The van der Waals surface area contributed by atoms with Gasteiger partial charge in [-0.2, -0.15) is 10.1 Å². The molecule has 0 aliphatic rings. The number of methoxy groups -OCH3 is 1. The van der Waals surface area contributed by atoms with Crippen molar-refractivity contribution in [3.05, 3.63) is 71.9 Å². The fourth-order valence-electron chi connectivity index (χ4n) is 2.89. The zero-order chi connectivity index (χ0) is 19.8. The van der Waals surface area contributed by atoms with Crippen LogP contribution in [0, 0.1) is 0 Å². The molecule has 0 atom stereocenters. The van der Waals surface area contributed by atoms with Crippen LogP contribution in [0.25, 0.3) is 0 Å². The highest BCUT2D eigenvalue weighted by molar-refractivity contribution is 5.40. The highest BCUT2D eigenvalue weighted by Gasteiger charge is 2.15. The average molecular weight is 377 g/mol. The fourth-order valence-corrected chi connectivity index (χ4v) is 2.89. The third-order valence-electron chi connectivity index (χ3n) is 4.50. The Morgan fingerprint density at radius 2 is 1.75 bits per heavy atom. The molecule has 3 rings (SSSR count). The zero-order valence-electron chi connectivity index (χ0n) is 16.7. The van der Waals surface area contributed by atoms with Gasteiger partial charge in [-0.15, -0.1) is 5.10 Å². The topological polar surface area (TPSA) is 63.2 Å². The van der Waals surface area contributed by atoms with Crippen molar-refractivity contribution in [1.29, 1.82) is 0 Å². The summed E-state index contributed by atoms with van der Waals surface area (Å²) in [7, 11) is 1.68. The Hall–Kier alpha value is -3.15. The van der Waals surface area contributed by atoms with Crippen LogP contribution in [-0.2, 0) is 13.0 Å². The van der Waals surface area contributed by atoms with E-state index in [2.05, 4.69) is 63.5 Å². The average Bonchev–Trinajstić information content (AvgIpc) is 2.73. The summed E-state index contributed by atoms with van der Waals surface area (Å²) in [5.74, 6) is 2.24. The van der Waals surface area contributed by atoms with Gasteiger partial charge in [-0.1, -0.05) is 42.5 Å². The highest BCUT2D eigenvalue weighted by Crippen LogP contribution is 2.17. The van der Waals surface area contributed by atoms with Crippen LogP contribution >= 0.6 is 0 Å². The molecule has 0 bridgehead atoms. The van der Waals surface area contributed by atoms with Gasteiger partial charge in [0.15, 0.2) is 5.82 Å². The maximum absolute atomic E-state index is 5.19. The van der Waals surface area contributed by atoms with Gasteiger partial charge in [0.05, 0.1) is 13.3 Å². The van der Waals surface area contributed by atoms with Gasteiger partial charge in [-0.25, -0.2) is 0 Å². The van der Waals surface area contributed by atoms with Crippen molar-refractivity contribution in [3.63, 3.8) is 0 Å². The summed E-state index contributed by atoms with van der Waals surface area (Å²) in [6.45, 7) is 5.78. The van der Waals surface area contributed by atoms with E-state index in [4.69, 9.17) is 4.74 Å². The quantitative estimate of drug-likeness (QED) is 0.609. The normalized spacial score (nSPS) is 10.7. The standard InChI is InChI=1S/C22H27N5O/c1-17(2)27(16-19-7-5-4-6-8-19)22-25-21(15-24-26-22)23-14-13-18-9-11-20(28-3)12-10-18/h4-12,15,17H,13-14,16H2,1-3H3,(H,23,25,26). The van der Waals surface area contributed by atoms with Crippen molar-refractivity contribution in [2.45, 2.75) is 32.9 Å². The molecule has 6 nitrogen and oxygen atoms in total. The highest BCUT2D eigenvalue weighted by atomic mass is 16.5. The predicted octanol–water partition coefficient (Wildman–Crippen LogP) is 3.95. The van der Waals surface area contributed by atoms with Crippen molar-refractivity contribution in [2.75, 3.05) is 23.9 Å². The monoisotopic (exact) mass is 377 g/mol.